The van der Waals surface area contributed by atoms with Crippen LogP contribution in [0.3, 0.4) is 0 Å². The highest BCUT2D eigenvalue weighted by atomic mass is 16.5. The van der Waals surface area contributed by atoms with Crippen molar-refractivity contribution in [2.75, 3.05) is 13.1 Å². The fourth-order valence-electron chi connectivity index (χ4n) is 1.73. The van der Waals surface area contributed by atoms with E-state index in [1.54, 1.807) is 0 Å². The lowest BCUT2D eigenvalue weighted by atomic mass is 10.1. The molecule has 13 heavy (non-hydrogen) atoms. The van der Waals surface area contributed by atoms with E-state index in [1.165, 1.54) is 0 Å². The van der Waals surface area contributed by atoms with Gasteiger partial charge in [0.1, 0.15) is 5.84 Å². The lowest BCUT2D eigenvalue weighted by molar-refractivity contribution is -0.0719. The molecule has 0 spiro atoms. The number of hydrogen-bond donors (Lipinski definition) is 2. The van der Waals surface area contributed by atoms with Gasteiger partial charge in [-0.05, 0) is 20.8 Å². The van der Waals surface area contributed by atoms with Crippen LogP contribution < -0.4 is 5.73 Å². The van der Waals surface area contributed by atoms with Crippen LogP contribution in [0.25, 0.3) is 0 Å². The third-order valence-electron chi connectivity index (χ3n) is 2.45. The quantitative estimate of drug-likeness (QED) is 0.484. The van der Waals surface area contributed by atoms with E-state index in [4.69, 9.17) is 15.9 Å². The van der Waals surface area contributed by atoms with Gasteiger partial charge >= 0.3 is 0 Å². The van der Waals surface area contributed by atoms with Crippen molar-refractivity contribution in [1.29, 1.82) is 5.41 Å². The summed E-state index contributed by atoms with van der Waals surface area (Å²) in [6.45, 7) is 7.80. The Labute approximate surface area is 79.6 Å². The number of ether oxygens (including phenoxy) is 1. The van der Waals surface area contributed by atoms with Crippen LogP contribution in [0.15, 0.2) is 0 Å². The van der Waals surface area contributed by atoms with Crippen molar-refractivity contribution in [3.63, 3.8) is 0 Å². The van der Waals surface area contributed by atoms with Gasteiger partial charge in [-0.25, -0.2) is 0 Å². The Kier molecular flexibility index (Phi) is 3.27. The van der Waals surface area contributed by atoms with Crippen LogP contribution in [-0.2, 0) is 4.74 Å². The lowest BCUT2D eigenvalue weighted by Crippen LogP contribution is -2.52. The molecular formula is C9H19N3O. The summed E-state index contributed by atoms with van der Waals surface area (Å²) in [5, 5.41) is 7.36. The van der Waals surface area contributed by atoms with Crippen molar-refractivity contribution in [2.45, 2.75) is 39.0 Å². The summed E-state index contributed by atoms with van der Waals surface area (Å²) in [6, 6.07) is 0.0359. The zero-order valence-corrected chi connectivity index (χ0v) is 8.58. The number of nitrogens with one attached hydrogen (secondary N) is 1. The van der Waals surface area contributed by atoms with Crippen LogP contribution in [0.4, 0.5) is 0 Å². The Morgan fingerprint density at radius 3 is 2.31 bits per heavy atom. The molecule has 0 aromatic rings. The third kappa shape index (κ3) is 2.67. The monoisotopic (exact) mass is 185 g/mol. The van der Waals surface area contributed by atoms with Gasteiger partial charge in [-0.1, -0.05) is 0 Å². The topological polar surface area (TPSA) is 62.3 Å². The number of hydrogen-bond acceptors (Lipinski definition) is 3. The minimum absolute atomic E-state index is 0.0359. The van der Waals surface area contributed by atoms with Crippen molar-refractivity contribution in [3.8, 4) is 0 Å². The number of morpholine rings is 1. The molecule has 3 N–H and O–H groups in total. The molecule has 1 unspecified atom stereocenters. The minimum Gasteiger partial charge on any atom is -0.386 e. The van der Waals surface area contributed by atoms with Crippen LogP contribution in [0.2, 0.25) is 0 Å². The van der Waals surface area contributed by atoms with Crippen molar-refractivity contribution in [3.05, 3.63) is 0 Å². The molecule has 1 rings (SSSR count). The molecule has 0 aromatic carbocycles. The van der Waals surface area contributed by atoms with Crippen LogP contribution >= 0.6 is 0 Å². The van der Waals surface area contributed by atoms with Gasteiger partial charge in [-0.15, -0.1) is 0 Å². The Morgan fingerprint density at radius 2 is 1.92 bits per heavy atom. The Hall–Kier alpha value is -0.610. The Balaban J connectivity index is 2.54. The zero-order chi connectivity index (χ0) is 10.0. The minimum atomic E-state index is 0.0359. The first-order chi connectivity index (χ1) is 6.00. The van der Waals surface area contributed by atoms with E-state index in [1.807, 2.05) is 6.92 Å². The SMILES string of the molecule is CC(C(=N)N)N1C[C@@H](C)O[C@@H](C)C1. The highest BCUT2D eigenvalue weighted by molar-refractivity contribution is 5.82. The average Bonchev–Trinajstić information content (AvgIpc) is 2.01. The summed E-state index contributed by atoms with van der Waals surface area (Å²) in [5.41, 5.74) is 5.46. The Morgan fingerprint density at radius 1 is 1.46 bits per heavy atom. The second kappa shape index (κ2) is 4.07. The number of nitrogens with zero attached hydrogens (tertiary/aromatic N) is 1. The van der Waals surface area contributed by atoms with Gasteiger partial charge in [0.25, 0.3) is 0 Å². The van der Waals surface area contributed by atoms with E-state index in [-0.39, 0.29) is 24.1 Å². The van der Waals surface area contributed by atoms with Gasteiger partial charge in [-0.3, -0.25) is 10.3 Å². The summed E-state index contributed by atoms with van der Waals surface area (Å²) in [6.07, 6.45) is 0.482. The Bertz CT molecular complexity index is 185. The van der Waals surface area contributed by atoms with Crippen LogP contribution in [-0.4, -0.2) is 42.1 Å². The summed E-state index contributed by atoms with van der Waals surface area (Å²) < 4.78 is 5.59. The van der Waals surface area contributed by atoms with Gasteiger partial charge in [0.2, 0.25) is 0 Å². The maximum absolute atomic E-state index is 7.36. The maximum Gasteiger partial charge on any atom is 0.108 e. The molecule has 0 aliphatic carbocycles. The summed E-state index contributed by atoms with van der Waals surface area (Å²) >= 11 is 0. The predicted molar refractivity (Wildman–Crippen MR) is 53.0 cm³/mol. The first kappa shape index (κ1) is 10.5. The van der Waals surface area contributed by atoms with E-state index in [0.29, 0.717) is 0 Å². The number of nitrogens with two attached hydrogens (primary N) is 1. The highest BCUT2D eigenvalue weighted by Crippen LogP contribution is 2.13. The van der Waals surface area contributed by atoms with E-state index in [2.05, 4.69) is 18.7 Å². The van der Waals surface area contributed by atoms with Crippen LogP contribution in [0.1, 0.15) is 20.8 Å². The molecule has 3 atom stereocenters. The van der Waals surface area contributed by atoms with Crippen LogP contribution in [0, 0.1) is 5.41 Å². The van der Waals surface area contributed by atoms with Crippen LogP contribution in [0.5, 0.6) is 0 Å². The predicted octanol–water partition coefficient (Wildman–Crippen LogP) is 0.420. The molecule has 1 saturated heterocycles. The molecule has 0 aromatic heterocycles. The van der Waals surface area contributed by atoms with Crippen molar-refractivity contribution in [2.24, 2.45) is 5.73 Å². The molecule has 0 bridgehead atoms. The summed E-state index contributed by atoms with van der Waals surface area (Å²) in [7, 11) is 0. The van der Waals surface area contributed by atoms with Crippen molar-refractivity contribution < 1.29 is 4.74 Å². The molecule has 0 amide bonds. The molecule has 4 heteroatoms. The largest absolute Gasteiger partial charge is 0.386 e. The number of amidine groups is 1. The summed E-state index contributed by atoms with van der Waals surface area (Å²) in [4.78, 5) is 2.20. The van der Waals surface area contributed by atoms with Crippen molar-refractivity contribution in [1.82, 2.24) is 4.90 Å². The fourth-order valence-corrected chi connectivity index (χ4v) is 1.73. The third-order valence-corrected chi connectivity index (χ3v) is 2.45. The first-order valence-corrected chi connectivity index (χ1v) is 4.74. The van der Waals surface area contributed by atoms with Gasteiger partial charge < -0.3 is 10.5 Å². The fraction of sp³-hybridized carbons (Fsp3) is 0.889. The maximum atomic E-state index is 7.36. The van der Waals surface area contributed by atoms with Gasteiger partial charge in [-0.2, -0.15) is 0 Å². The van der Waals surface area contributed by atoms with E-state index >= 15 is 0 Å². The van der Waals surface area contributed by atoms with Crippen molar-refractivity contribution >= 4 is 5.84 Å². The van der Waals surface area contributed by atoms with Gasteiger partial charge in [0.15, 0.2) is 0 Å². The zero-order valence-electron chi connectivity index (χ0n) is 8.58. The van der Waals surface area contributed by atoms with E-state index in [9.17, 15) is 0 Å². The normalized spacial score (nSPS) is 32.8. The molecule has 1 heterocycles. The molecule has 1 fully saturated rings. The molecule has 0 radical (unpaired) electrons. The molecule has 0 saturated carbocycles. The molecule has 76 valence electrons. The molecule has 1 aliphatic heterocycles. The smallest absolute Gasteiger partial charge is 0.108 e. The standard InChI is InChI=1S/C9H19N3O/c1-6-4-12(5-7(2)13-6)8(3)9(10)11/h6-8H,4-5H2,1-3H3,(H3,10,11)/t6-,7+,8?. The average molecular weight is 185 g/mol. The van der Waals surface area contributed by atoms with E-state index in [0.717, 1.165) is 13.1 Å². The second-order valence-electron chi connectivity index (χ2n) is 3.84. The lowest BCUT2D eigenvalue weighted by Gasteiger charge is -2.38. The first-order valence-electron chi connectivity index (χ1n) is 4.74. The number of rotatable bonds is 2. The summed E-state index contributed by atoms with van der Waals surface area (Å²) in [5.74, 6) is 0.237. The highest BCUT2D eigenvalue weighted by Gasteiger charge is 2.26. The molecular weight excluding hydrogens is 166 g/mol. The van der Waals surface area contributed by atoms with Gasteiger partial charge in [0, 0.05) is 13.1 Å². The molecule has 1 aliphatic rings. The van der Waals surface area contributed by atoms with Gasteiger partial charge in [0.05, 0.1) is 18.2 Å². The second-order valence-corrected chi connectivity index (χ2v) is 3.84. The van der Waals surface area contributed by atoms with E-state index < -0.39 is 0 Å². The molecule has 4 nitrogen and oxygen atoms in total.